The molecule has 0 N–H and O–H groups in total. The largest absolute Gasteiger partial charge is 0.253 e. The molecule has 0 saturated heterocycles. The maximum Gasteiger partial charge on any atom is 0.0662 e. The van der Waals surface area contributed by atoms with Crippen LogP contribution in [0.3, 0.4) is 0 Å². The zero-order valence-electron chi connectivity index (χ0n) is 12.7. The third-order valence-electron chi connectivity index (χ3n) is 3.48. The standard InChI is InChI=1S/C19H23N/c1-4-5-11-19(17-9-7-6-8-10-17)20-18-13-12-15(2)14-16(18)3/h6-10,12-14H,4-5,11H2,1-3H3. The van der Waals surface area contributed by atoms with Gasteiger partial charge in [0.25, 0.3) is 0 Å². The normalized spacial score (nSPS) is 11.7. The van der Waals surface area contributed by atoms with Crippen molar-refractivity contribution >= 4 is 11.4 Å². The van der Waals surface area contributed by atoms with Crippen LogP contribution in [-0.4, -0.2) is 5.71 Å². The molecule has 0 aromatic heterocycles. The molecule has 0 aliphatic carbocycles. The summed E-state index contributed by atoms with van der Waals surface area (Å²) in [6.07, 6.45) is 3.41. The van der Waals surface area contributed by atoms with Gasteiger partial charge in [-0.3, -0.25) is 4.99 Å². The van der Waals surface area contributed by atoms with Gasteiger partial charge in [0.1, 0.15) is 0 Å². The van der Waals surface area contributed by atoms with Crippen LogP contribution in [0.25, 0.3) is 0 Å². The molecule has 0 saturated carbocycles. The quantitative estimate of drug-likeness (QED) is 0.623. The Morgan fingerprint density at radius 1 is 1.00 bits per heavy atom. The van der Waals surface area contributed by atoms with Gasteiger partial charge in [-0.1, -0.05) is 61.4 Å². The molecule has 0 heterocycles. The maximum atomic E-state index is 4.92. The fourth-order valence-electron chi connectivity index (χ4n) is 2.32. The van der Waals surface area contributed by atoms with Gasteiger partial charge in [0.05, 0.1) is 5.69 Å². The molecule has 0 radical (unpaired) electrons. The third kappa shape index (κ3) is 3.80. The lowest BCUT2D eigenvalue weighted by atomic mass is 10.0. The first kappa shape index (κ1) is 14.5. The summed E-state index contributed by atoms with van der Waals surface area (Å²) in [5.41, 5.74) is 6.05. The van der Waals surface area contributed by atoms with Gasteiger partial charge in [-0.05, 0) is 43.9 Å². The Bertz CT molecular complexity index is 582. The Balaban J connectivity index is 2.37. The van der Waals surface area contributed by atoms with Gasteiger partial charge in [0, 0.05) is 5.71 Å². The summed E-state index contributed by atoms with van der Waals surface area (Å²) in [6, 6.07) is 17.0. The van der Waals surface area contributed by atoms with E-state index in [0.29, 0.717) is 0 Å². The maximum absolute atomic E-state index is 4.92. The van der Waals surface area contributed by atoms with Crippen LogP contribution >= 0.6 is 0 Å². The Kier molecular flexibility index (Phi) is 5.11. The van der Waals surface area contributed by atoms with E-state index in [2.05, 4.69) is 69.3 Å². The van der Waals surface area contributed by atoms with Gasteiger partial charge in [0.15, 0.2) is 0 Å². The molecule has 1 heteroatoms. The van der Waals surface area contributed by atoms with E-state index in [0.717, 1.165) is 12.1 Å². The van der Waals surface area contributed by atoms with Crippen molar-refractivity contribution in [1.29, 1.82) is 0 Å². The first-order chi connectivity index (χ1) is 9.70. The van der Waals surface area contributed by atoms with Crippen LogP contribution in [-0.2, 0) is 0 Å². The zero-order chi connectivity index (χ0) is 14.4. The van der Waals surface area contributed by atoms with Crippen LogP contribution in [0.4, 0.5) is 5.69 Å². The van der Waals surface area contributed by atoms with Crippen molar-refractivity contribution in [2.45, 2.75) is 40.0 Å². The van der Waals surface area contributed by atoms with E-state index in [1.807, 2.05) is 0 Å². The van der Waals surface area contributed by atoms with Crippen LogP contribution in [0.2, 0.25) is 0 Å². The van der Waals surface area contributed by atoms with E-state index in [1.165, 1.54) is 35.2 Å². The molecule has 0 bridgehead atoms. The molecule has 2 aromatic carbocycles. The minimum atomic E-state index is 1.04. The number of nitrogens with zero attached hydrogens (tertiary/aromatic N) is 1. The average molecular weight is 265 g/mol. The van der Waals surface area contributed by atoms with Crippen molar-refractivity contribution in [2.24, 2.45) is 4.99 Å². The van der Waals surface area contributed by atoms with Crippen LogP contribution in [0.5, 0.6) is 0 Å². The van der Waals surface area contributed by atoms with Crippen molar-refractivity contribution in [1.82, 2.24) is 0 Å². The molecule has 0 aliphatic heterocycles. The van der Waals surface area contributed by atoms with Crippen molar-refractivity contribution in [2.75, 3.05) is 0 Å². The van der Waals surface area contributed by atoms with Gasteiger partial charge in [-0.2, -0.15) is 0 Å². The lowest BCUT2D eigenvalue weighted by Crippen LogP contribution is -2.00. The highest BCUT2D eigenvalue weighted by molar-refractivity contribution is 6.02. The molecule has 0 amide bonds. The predicted octanol–water partition coefficient (Wildman–Crippen LogP) is 5.61. The molecule has 0 unspecified atom stereocenters. The van der Waals surface area contributed by atoms with Crippen LogP contribution in [0.1, 0.15) is 42.9 Å². The SMILES string of the molecule is CCCCC(=Nc1ccc(C)cc1C)c1ccccc1. The fourth-order valence-corrected chi connectivity index (χ4v) is 2.32. The molecule has 0 atom stereocenters. The number of aliphatic imine (C=N–C) groups is 1. The number of benzene rings is 2. The van der Waals surface area contributed by atoms with E-state index < -0.39 is 0 Å². The number of hydrogen-bond acceptors (Lipinski definition) is 1. The summed E-state index contributed by atoms with van der Waals surface area (Å²) in [6.45, 7) is 6.48. The highest BCUT2D eigenvalue weighted by Gasteiger charge is 2.04. The monoisotopic (exact) mass is 265 g/mol. The highest BCUT2D eigenvalue weighted by Crippen LogP contribution is 2.22. The van der Waals surface area contributed by atoms with Crippen molar-refractivity contribution < 1.29 is 0 Å². The number of rotatable bonds is 5. The second-order valence-corrected chi connectivity index (χ2v) is 5.32. The van der Waals surface area contributed by atoms with E-state index in [-0.39, 0.29) is 0 Å². The minimum Gasteiger partial charge on any atom is -0.253 e. The predicted molar refractivity (Wildman–Crippen MR) is 88.1 cm³/mol. The summed E-state index contributed by atoms with van der Waals surface area (Å²) in [5.74, 6) is 0. The second kappa shape index (κ2) is 7.04. The molecule has 1 nitrogen and oxygen atoms in total. The van der Waals surface area contributed by atoms with Crippen LogP contribution in [0.15, 0.2) is 53.5 Å². The Hall–Kier alpha value is -1.89. The van der Waals surface area contributed by atoms with E-state index >= 15 is 0 Å². The highest BCUT2D eigenvalue weighted by atomic mass is 14.7. The van der Waals surface area contributed by atoms with Gasteiger partial charge in [0.2, 0.25) is 0 Å². The molecular formula is C19H23N. The summed E-state index contributed by atoms with van der Waals surface area (Å²) >= 11 is 0. The fraction of sp³-hybridized carbons (Fsp3) is 0.316. The summed E-state index contributed by atoms with van der Waals surface area (Å²) < 4.78 is 0. The van der Waals surface area contributed by atoms with Crippen LogP contribution < -0.4 is 0 Å². The van der Waals surface area contributed by atoms with Crippen molar-refractivity contribution in [3.05, 3.63) is 65.2 Å². The first-order valence-corrected chi connectivity index (χ1v) is 7.41. The lowest BCUT2D eigenvalue weighted by Gasteiger charge is -2.08. The zero-order valence-corrected chi connectivity index (χ0v) is 12.7. The molecule has 2 aromatic rings. The van der Waals surface area contributed by atoms with E-state index in [9.17, 15) is 0 Å². The Morgan fingerprint density at radius 3 is 2.40 bits per heavy atom. The smallest absolute Gasteiger partial charge is 0.0662 e. The van der Waals surface area contributed by atoms with Gasteiger partial charge in [-0.15, -0.1) is 0 Å². The van der Waals surface area contributed by atoms with E-state index in [4.69, 9.17) is 4.99 Å². The van der Waals surface area contributed by atoms with Crippen molar-refractivity contribution in [3.63, 3.8) is 0 Å². The van der Waals surface area contributed by atoms with E-state index in [1.54, 1.807) is 0 Å². The molecule has 0 aliphatic rings. The second-order valence-electron chi connectivity index (χ2n) is 5.32. The number of hydrogen-bond donors (Lipinski definition) is 0. The Morgan fingerprint density at radius 2 is 1.75 bits per heavy atom. The molecule has 2 rings (SSSR count). The topological polar surface area (TPSA) is 12.4 Å². The molecule has 104 valence electrons. The van der Waals surface area contributed by atoms with Crippen LogP contribution in [0, 0.1) is 13.8 Å². The third-order valence-corrected chi connectivity index (χ3v) is 3.48. The minimum absolute atomic E-state index is 1.04. The van der Waals surface area contributed by atoms with Gasteiger partial charge < -0.3 is 0 Å². The molecule has 0 fully saturated rings. The molecular weight excluding hydrogens is 242 g/mol. The summed E-state index contributed by atoms with van der Waals surface area (Å²) in [5, 5.41) is 0. The first-order valence-electron chi connectivity index (χ1n) is 7.41. The lowest BCUT2D eigenvalue weighted by molar-refractivity contribution is 0.835. The Labute approximate surface area is 122 Å². The van der Waals surface area contributed by atoms with Gasteiger partial charge >= 0.3 is 0 Å². The van der Waals surface area contributed by atoms with Crippen molar-refractivity contribution in [3.8, 4) is 0 Å². The van der Waals surface area contributed by atoms with Gasteiger partial charge in [-0.25, -0.2) is 0 Å². The molecule has 0 spiro atoms. The summed E-state index contributed by atoms with van der Waals surface area (Å²) in [7, 11) is 0. The molecule has 20 heavy (non-hydrogen) atoms. The number of aryl methyl sites for hydroxylation is 2. The number of unbranched alkanes of at least 4 members (excludes halogenated alkanes) is 1. The average Bonchev–Trinajstić information content (AvgIpc) is 2.46. The summed E-state index contributed by atoms with van der Waals surface area (Å²) in [4.78, 5) is 4.92.